The minimum Gasteiger partial charge on any atom is -0.303 e. The third-order valence-electron chi connectivity index (χ3n) is 1.54. The van der Waals surface area contributed by atoms with E-state index in [4.69, 9.17) is 9.05 Å². The third kappa shape index (κ3) is 4.36. The van der Waals surface area contributed by atoms with E-state index < -0.39 is 13.1 Å². The summed E-state index contributed by atoms with van der Waals surface area (Å²) in [6, 6.07) is 0. The number of hydrogen-bond donors (Lipinski definition) is 0. The molecule has 0 aliphatic rings. The zero-order chi connectivity index (χ0) is 11.0. The maximum atomic E-state index is 11.9. The van der Waals surface area contributed by atoms with Crippen molar-refractivity contribution in [3.8, 4) is 0 Å². The molecule has 0 N–H and O–H groups in total. The second kappa shape index (κ2) is 7.16. The molecule has 14 heavy (non-hydrogen) atoms. The van der Waals surface area contributed by atoms with Gasteiger partial charge in [-0.05, 0) is 12.8 Å². The SMILES string of the molecule is CCCOP(=O)(OCCC)C(=O)CC. The maximum Gasteiger partial charge on any atom is 0.396 e. The van der Waals surface area contributed by atoms with Gasteiger partial charge in [0.2, 0.25) is 5.52 Å². The average Bonchev–Trinajstić information content (AvgIpc) is 2.22. The second-order valence-corrected chi connectivity index (χ2v) is 4.92. The van der Waals surface area contributed by atoms with Crippen molar-refractivity contribution in [2.24, 2.45) is 0 Å². The predicted molar refractivity (Wildman–Crippen MR) is 55.4 cm³/mol. The lowest BCUT2D eigenvalue weighted by Gasteiger charge is -2.15. The summed E-state index contributed by atoms with van der Waals surface area (Å²) >= 11 is 0. The van der Waals surface area contributed by atoms with E-state index in [0.29, 0.717) is 13.2 Å². The summed E-state index contributed by atoms with van der Waals surface area (Å²) in [6.07, 6.45) is 1.62. The van der Waals surface area contributed by atoms with Crippen molar-refractivity contribution in [1.29, 1.82) is 0 Å². The van der Waals surface area contributed by atoms with Gasteiger partial charge in [0.25, 0.3) is 0 Å². The largest absolute Gasteiger partial charge is 0.396 e. The van der Waals surface area contributed by atoms with Gasteiger partial charge in [-0.1, -0.05) is 20.8 Å². The lowest BCUT2D eigenvalue weighted by Crippen LogP contribution is -2.07. The molecule has 0 amide bonds. The molecule has 0 heterocycles. The Morgan fingerprint density at radius 2 is 1.50 bits per heavy atom. The first kappa shape index (κ1) is 13.8. The fraction of sp³-hybridized carbons (Fsp3) is 0.889. The van der Waals surface area contributed by atoms with E-state index in [9.17, 15) is 9.36 Å². The molecule has 0 aromatic heterocycles. The maximum absolute atomic E-state index is 11.9. The van der Waals surface area contributed by atoms with Gasteiger partial charge in [0.05, 0.1) is 13.2 Å². The zero-order valence-corrected chi connectivity index (χ0v) is 10.0. The van der Waals surface area contributed by atoms with Gasteiger partial charge >= 0.3 is 7.60 Å². The fourth-order valence-electron chi connectivity index (χ4n) is 0.798. The Labute approximate surface area is 85.5 Å². The number of carbonyl (C=O) groups is 1. The van der Waals surface area contributed by atoms with Crippen molar-refractivity contribution in [1.82, 2.24) is 0 Å². The van der Waals surface area contributed by atoms with E-state index in [1.54, 1.807) is 6.92 Å². The first-order chi connectivity index (χ1) is 6.60. The first-order valence-electron chi connectivity index (χ1n) is 5.03. The average molecular weight is 222 g/mol. The second-order valence-electron chi connectivity index (χ2n) is 2.91. The number of hydrogen-bond acceptors (Lipinski definition) is 4. The molecule has 0 unspecified atom stereocenters. The minimum absolute atomic E-state index is 0.185. The van der Waals surface area contributed by atoms with Crippen molar-refractivity contribution in [2.75, 3.05) is 13.2 Å². The van der Waals surface area contributed by atoms with Crippen LogP contribution in [0.3, 0.4) is 0 Å². The van der Waals surface area contributed by atoms with Crippen LogP contribution in [0.25, 0.3) is 0 Å². The van der Waals surface area contributed by atoms with Crippen LogP contribution in [0, 0.1) is 0 Å². The molecule has 0 aromatic rings. The van der Waals surface area contributed by atoms with Gasteiger partial charge in [-0.15, -0.1) is 0 Å². The Kier molecular flexibility index (Phi) is 7.06. The van der Waals surface area contributed by atoms with Crippen molar-refractivity contribution in [2.45, 2.75) is 40.0 Å². The van der Waals surface area contributed by atoms with Crippen LogP contribution < -0.4 is 0 Å². The van der Waals surface area contributed by atoms with E-state index in [2.05, 4.69) is 0 Å². The molecule has 5 heteroatoms. The Morgan fingerprint density at radius 3 is 1.79 bits per heavy atom. The highest BCUT2D eigenvalue weighted by Gasteiger charge is 2.32. The van der Waals surface area contributed by atoms with Gasteiger partial charge in [0.15, 0.2) is 0 Å². The van der Waals surface area contributed by atoms with E-state index in [1.807, 2.05) is 13.8 Å². The topological polar surface area (TPSA) is 52.6 Å². The van der Waals surface area contributed by atoms with Crippen molar-refractivity contribution in [3.63, 3.8) is 0 Å². The molecule has 0 fully saturated rings. The highest BCUT2D eigenvalue weighted by atomic mass is 31.2. The van der Waals surface area contributed by atoms with Gasteiger partial charge in [0.1, 0.15) is 0 Å². The fourth-order valence-corrected chi connectivity index (χ4v) is 2.39. The number of rotatable bonds is 8. The van der Waals surface area contributed by atoms with Crippen LogP contribution in [-0.2, 0) is 18.4 Å². The summed E-state index contributed by atoms with van der Waals surface area (Å²) in [5.41, 5.74) is -0.431. The summed E-state index contributed by atoms with van der Waals surface area (Å²) in [5, 5.41) is 0. The smallest absolute Gasteiger partial charge is 0.303 e. The van der Waals surface area contributed by atoms with Gasteiger partial charge in [0, 0.05) is 6.42 Å². The Morgan fingerprint density at radius 1 is 1.07 bits per heavy atom. The Hall–Kier alpha value is -0.180. The molecule has 0 bridgehead atoms. The summed E-state index contributed by atoms with van der Waals surface area (Å²) in [5.74, 6) is 0. The van der Waals surface area contributed by atoms with Gasteiger partial charge in [-0.2, -0.15) is 0 Å². The van der Waals surface area contributed by atoms with Crippen LogP contribution in [-0.4, -0.2) is 18.7 Å². The van der Waals surface area contributed by atoms with Crippen LogP contribution in [0.1, 0.15) is 40.0 Å². The Bertz CT molecular complexity index is 203. The van der Waals surface area contributed by atoms with Gasteiger partial charge < -0.3 is 9.05 Å². The van der Waals surface area contributed by atoms with E-state index in [-0.39, 0.29) is 6.42 Å². The zero-order valence-electron chi connectivity index (χ0n) is 9.12. The molecule has 0 aromatic carbocycles. The molecule has 0 atom stereocenters. The van der Waals surface area contributed by atoms with E-state index in [0.717, 1.165) is 12.8 Å². The van der Waals surface area contributed by atoms with Crippen LogP contribution >= 0.6 is 7.60 Å². The third-order valence-corrected chi connectivity index (χ3v) is 3.51. The Balaban J connectivity index is 4.33. The van der Waals surface area contributed by atoms with Crippen molar-refractivity contribution >= 4 is 13.1 Å². The van der Waals surface area contributed by atoms with Crippen molar-refractivity contribution < 1.29 is 18.4 Å². The van der Waals surface area contributed by atoms with E-state index in [1.165, 1.54) is 0 Å². The molecule has 84 valence electrons. The predicted octanol–water partition coefficient (Wildman–Crippen LogP) is 2.97. The lowest BCUT2D eigenvalue weighted by atomic mass is 10.5. The highest BCUT2D eigenvalue weighted by Crippen LogP contribution is 2.50. The molecule has 0 saturated heterocycles. The van der Waals surface area contributed by atoms with Gasteiger partial charge in [-0.25, -0.2) is 0 Å². The number of carbonyl (C=O) groups excluding carboxylic acids is 1. The summed E-state index contributed by atoms with van der Waals surface area (Å²) in [6.45, 7) is 6.03. The molecule has 4 nitrogen and oxygen atoms in total. The van der Waals surface area contributed by atoms with Crippen LogP contribution in [0.2, 0.25) is 0 Å². The highest BCUT2D eigenvalue weighted by molar-refractivity contribution is 7.71. The van der Waals surface area contributed by atoms with E-state index >= 15 is 0 Å². The van der Waals surface area contributed by atoms with Crippen LogP contribution in [0.5, 0.6) is 0 Å². The van der Waals surface area contributed by atoms with Crippen molar-refractivity contribution in [3.05, 3.63) is 0 Å². The molecular formula is C9H19O4P. The summed E-state index contributed by atoms with van der Waals surface area (Å²) < 4.78 is 21.9. The summed E-state index contributed by atoms with van der Waals surface area (Å²) in [7, 11) is -3.48. The quantitative estimate of drug-likeness (QED) is 0.592. The molecular weight excluding hydrogens is 203 g/mol. The van der Waals surface area contributed by atoms with Crippen LogP contribution in [0.15, 0.2) is 0 Å². The molecule has 0 aliphatic carbocycles. The molecule has 0 aliphatic heterocycles. The molecule has 0 radical (unpaired) electrons. The molecule has 0 spiro atoms. The molecule has 0 saturated carbocycles. The minimum atomic E-state index is -3.48. The lowest BCUT2D eigenvalue weighted by molar-refractivity contribution is -0.113. The standard InChI is InChI=1S/C9H19O4P/c1-4-7-12-14(11,9(10)6-3)13-8-5-2/h4-8H2,1-3H3. The summed E-state index contributed by atoms with van der Waals surface area (Å²) in [4.78, 5) is 11.3. The van der Waals surface area contributed by atoms with Gasteiger partial charge in [-0.3, -0.25) is 9.36 Å². The first-order valence-corrected chi connectivity index (χ1v) is 6.57. The monoisotopic (exact) mass is 222 g/mol. The van der Waals surface area contributed by atoms with Crippen LogP contribution in [0.4, 0.5) is 0 Å². The normalized spacial score (nSPS) is 11.6. The molecule has 0 rings (SSSR count).